The smallest absolute Gasteiger partial charge is 0.407 e. The Morgan fingerprint density at radius 3 is 2.64 bits per heavy atom. The number of nitrogens with one attached hydrogen (secondary N) is 1. The maximum Gasteiger partial charge on any atom is 0.407 e. The Kier molecular flexibility index (Phi) is 8.65. The predicted molar refractivity (Wildman–Crippen MR) is 169 cm³/mol. The van der Waals surface area contributed by atoms with Crippen LogP contribution in [0.1, 0.15) is 51.6 Å². The maximum absolute atomic E-state index is 14.0. The second-order valence-electron chi connectivity index (χ2n) is 12.5. The second kappa shape index (κ2) is 12.8. The highest BCUT2D eigenvalue weighted by Crippen LogP contribution is 2.35. The first-order chi connectivity index (χ1) is 21.2. The van der Waals surface area contributed by atoms with Crippen LogP contribution in [0.15, 0.2) is 60.8 Å². The van der Waals surface area contributed by atoms with E-state index in [1.165, 1.54) is 6.07 Å². The molecule has 232 valence electrons. The lowest BCUT2D eigenvalue weighted by atomic mass is 10.0. The Labute approximate surface area is 257 Å². The molecule has 3 aromatic heterocycles. The zero-order chi connectivity index (χ0) is 30.7. The zero-order valence-corrected chi connectivity index (χ0v) is 25.7. The Hall–Kier alpha value is -4.25. The summed E-state index contributed by atoms with van der Waals surface area (Å²) in [5, 5.41) is 7.84. The summed E-state index contributed by atoms with van der Waals surface area (Å²) in [7, 11) is 0. The number of hydrogen-bond donors (Lipinski definition) is 1. The number of carbonyl (C=O) groups is 1. The SMILES string of the molecule is CC(C)(C)OC(=O)NCCCN1CCN(c2cccc(-c3cnc4ccc(N5CCCC5c5cccc(F)c5)nn34)n2)CC1. The van der Waals surface area contributed by atoms with Crippen molar-refractivity contribution in [2.24, 2.45) is 0 Å². The Balaban J connectivity index is 1.09. The van der Waals surface area contributed by atoms with Gasteiger partial charge in [0.25, 0.3) is 0 Å². The van der Waals surface area contributed by atoms with Gasteiger partial charge in [-0.1, -0.05) is 18.2 Å². The Morgan fingerprint density at radius 2 is 1.84 bits per heavy atom. The van der Waals surface area contributed by atoms with Crippen molar-refractivity contribution in [1.82, 2.24) is 29.8 Å². The van der Waals surface area contributed by atoms with Gasteiger partial charge in [0.2, 0.25) is 0 Å². The number of alkyl carbamates (subject to hydrolysis) is 1. The van der Waals surface area contributed by atoms with Gasteiger partial charge in [-0.3, -0.25) is 4.90 Å². The van der Waals surface area contributed by atoms with Crippen LogP contribution in [-0.2, 0) is 4.74 Å². The number of rotatable bonds is 8. The molecule has 4 aromatic rings. The number of amides is 1. The minimum absolute atomic E-state index is 0.0870. The lowest BCUT2D eigenvalue weighted by Gasteiger charge is -2.35. The van der Waals surface area contributed by atoms with Crippen molar-refractivity contribution in [1.29, 1.82) is 0 Å². The van der Waals surface area contributed by atoms with Crippen molar-refractivity contribution in [3.05, 3.63) is 72.2 Å². The molecule has 10 nitrogen and oxygen atoms in total. The third kappa shape index (κ3) is 6.93. The van der Waals surface area contributed by atoms with E-state index in [4.69, 9.17) is 14.8 Å². The minimum atomic E-state index is -0.487. The number of aromatic nitrogens is 4. The summed E-state index contributed by atoms with van der Waals surface area (Å²) in [6, 6.07) is 17.0. The van der Waals surface area contributed by atoms with Crippen molar-refractivity contribution in [2.75, 3.05) is 55.6 Å². The normalized spacial score (nSPS) is 17.8. The van der Waals surface area contributed by atoms with Crippen LogP contribution in [0.25, 0.3) is 17.0 Å². The molecule has 1 N–H and O–H groups in total. The summed E-state index contributed by atoms with van der Waals surface area (Å²) in [4.78, 5) is 28.5. The molecule has 1 amide bonds. The number of piperazine rings is 1. The van der Waals surface area contributed by atoms with E-state index in [1.54, 1.807) is 12.1 Å². The van der Waals surface area contributed by atoms with Gasteiger partial charge in [-0.2, -0.15) is 0 Å². The third-order valence-corrected chi connectivity index (χ3v) is 8.14. The van der Waals surface area contributed by atoms with Gasteiger partial charge in [0.05, 0.1) is 17.9 Å². The van der Waals surface area contributed by atoms with E-state index < -0.39 is 5.60 Å². The van der Waals surface area contributed by atoms with Crippen LogP contribution in [0.2, 0.25) is 0 Å². The quantitative estimate of drug-likeness (QED) is 0.272. The second-order valence-corrected chi connectivity index (χ2v) is 12.5. The van der Waals surface area contributed by atoms with Crippen LogP contribution in [-0.4, -0.2) is 82.0 Å². The topological polar surface area (TPSA) is 91.1 Å². The molecule has 0 bridgehead atoms. The molecule has 2 fully saturated rings. The van der Waals surface area contributed by atoms with Crippen LogP contribution in [0, 0.1) is 5.82 Å². The monoisotopic (exact) mass is 600 g/mol. The number of benzene rings is 1. The van der Waals surface area contributed by atoms with Crippen molar-refractivity contribution in [2.45, 2.75) is 51.7 Å². The highest BCUT2D eigenvalue weighted by molar-refractivity contribution is 5.67. The van der Waals surface area contributed by atoms with Gasteiger partial charge >= 0.3 is 6.09 Å². The van der Waals surface area contributed by atoms with Crippen LogP contribution in [0.5, 0.6) is 0 Å². The molecule has 2 aliphatic rings. The van der Waals surface area contributed by atoms with E-state index in [9.17, 15) is 9.18 Å². The third-order valence-electron chi connectivity index (χ3n) is 8.14. The number of hydrogen-bond acceptors (Lipinski definition) is 8. The Morgan fingerprint density at radius 1 is 1.02 bits per heavy atom. The highest BCUT2D eigenvalue weighted by atomic mass is 19.1. The number of imidazole rings is 1. The highest BCUT2D eigenvalue weighted by Gasteiger charge is 2.28. The number of anilines is 2. The van der Waals surface area contributed by atoms with Crippen molar-refractivity contribution < 1.29 is 13.9 Å². The Bertz CT molecular complexity index is 1590. The maximum atomic E-state index is 14.0. The molecule has 2 saturated heterocycles. The van der Waals surface area contributed by atoms with Gasteiger partial charge < -0.3 is 19.9 Å². The van der Waals surface area contributed by atoms with Crippen LogP contribution >= 0.6 is 0 Å². The van der Waals surface area contributed by atoms with Crippen LogP contribution in [0.4, 0.5) is 20.8 Å². The summed E-state index contributed by atoms with van der Waals surface area (Å²) in [6.07, 6.45) is 4.32. The molecule has 11 heteroatoms. The van der Waals surface area contributed by atoms with E-state index in [0.29, 0.717) is 6.54 Å². The van der Waals surface area contributed by atoms with Crippen molar-refractivity contribution in [3.63, 3.8) is 0 Å². The fraction of sp³-hybridized carbons (Fsp3) is 0.455. The first-order valence-corrected chi connectivity index (χ1v) is 15.5. The number of carbonyl (C=O) groups excluding carboxylic acids is 1. The molecule has 6 rings (SSSR count). The molecular formula is C33H41FN8O2. The van der Waals surface area contributed by atoms with E-state index in [-0.39, 0.29) is 18.0 Å². The summed E-state index contributed by atoms with van der Waals surface area (Å²) in [5.74, 6) is 1.57. The van der Waals surface area contributed by atoms with Crippen LogP contribution < -0.4 is 15.1 Å². The van der Waals surface area contributed by atoms with Gasteiger partial charge in [0.15, 0.2) is 5.65 Å². The first-order valence-electron chi connectivity index (χ1n) is 15.5. The van der Waals surface area contributed by atoms with Gasteiger partial charge in [-0.15, -0.1) is 5.10 Å². The summed E-state index contributed by atoms with van der Waals surface area (Å²) >= 11 is 0. The molecule has 1 aromatic carbocycles. The lowest BCUT2D eigenvalue weighted by Crippen LogP contribution is -2.47. The van der Waals surface area contributed by atoms with E-state index >= 15 is 0 Å². The van der Waals surface area contributed by atoms with Crippen molar-refractivity contribution >= 4 is 23.4 Å². The largest absolute Gasteiger partial charge is 0.444 e. The number of halogens is 1. The van der Waals surface area contributed by atoms with Crippen molar-refractivity contribution in [3.8, 4) is 11.4 Å². The van der Waals surface area contributed by atoms with Gasteiger partial charge in [-0.25, -0.2) is 23.7 Å². The average molecular weight is 601 g/mol. The number of nitrogens with zero attached hydrogens (tertiary/aromatic N) is 7. The predicted octanol–water partition coefficient (Wildman–Crippen LogP) is 5.31. The molecule has 0 spiro atoms. The molecule has 2 aliphatic heterocycles. The van der Waals surface area contributed by atoms with E-state index in [0.717, 1.165) is 92.8 Å². The molecule has 5 heterocycles. The zero-order valence-electron chi connectivity index (χ0n) is 25.7. The van der Waals surface area contributed by atoms with Gasteiger partial charge in [-0.05, 0) is 88.5 Å². The van der Waals surface area contributed by atoms with Crippen LogP contribution in [0.3, 0.4) is 0 Å². The van der Waals surface area contributed by atoms with Gasteiger partial charge in [0, 0.05) is 39.3 Å². The number of ether oxygens (including phenoxy) is 1. The van der Waals surface area contributed by atoms with Gasteiger partial charge in [0.1, 0.15) is 28.7 Å². The first kappa shape index (κ1) is 29.8. The molecule has 44 heavy (non-hydrogen) atoms. The minimum Gasteiger partial charge on any atom is -0.444 e. The molecular weight excluding hydrogens is 559 g/mol. The summed E-state index contributed by atoms with van der Waals surface area (Å²) in [6.45, 7) is 11.6. The van der Waals surface area contributed by atoms with E-state index in [2.05, 4.69) is 31.1 Å². The molecule has 1 atom stereocenters. The summed E-state index contributed by atoms with van der Waals surface area (Å²) < 4.78 is 21.2. The van der Waals surface area contributed by atoms with E-state index in [1.807, 2.05) is 61.8 Å². The molecule has 0 radical (unpaired) electrons. The number of fused-ring (bicyclic) bond motifs is 1. The lowest BCUT2D eigenvalue weighted by molar-refractivity contribution is 0.0525. The average Bonchev–Trinajstić information content (AvgIpc) is 3.66. The standard InChI is InChI=1S/C33H41FN8O2/c1-33(2,3)44-32(43)35-15-7-16-39-18-20-40(21-19-39)30-12-5-10-26(37-30)28-23-36-29-13-14-31(38-42(28)29)41-17-6-11-27(41)24-8-4-9-25(34)22-24/h4-5,8-10,12-14,22-23,27H,6-7,11,15-21H2,1-3H3,(H,35,43). The molecule has 0 saturated carbocycles. The fourth-order valence-corrected chi connectivity index (χ4v) is 6.04. The summed E-state index contributed by atoms with van der Waals surface area (Å²) in [5.41, 5.74) is 2.90. The number of pyridine rings is 1. The molecule has 1 unspecified atom stereocenters. The fourth-order valence-electron chi connectivity index (χ4n) is 6.04. The molecule has 0 aliphatic carbocycles.